The second-order valence-corrected chi connectivity index (χ2v) is 5.60. The molecule has 0 aliphatic carbocycles. The third-order valence-corrected chi connectivity index (χ3v) is 3.84. The van der Waals surface area contributed by atoms with Crippen molar-refractivity contribution >= 4 is 22.9 Å². The van der Waals surface area contributed by atoms with E-state index in [0.29, 0.717) is 6.54 Å². The molecule has 23 heavy (non-hydrogen) atoms. The van der Waals surface area contributed by atoms with Gasteiger partial charge in [0.2, 0.25) is 5.91 Å². The number of aromatic nitrogens is 1. The number of nitrogens with one attached hydrogen (secondary N) is 1. The van der Waals surface area contributed by atoms with Crippen LogP contribution in [-0.2, 0) is 11.3 Å². The summed E-state index contributed by atoms with van der Waals surface area (Å²) < 4.78 is 2.15. The summed E-state index contributed by atoms with van der Waals surface area (Å²) in [5.41, 5.74) is 3.43. The van der Waals surface area contributed by atoms with Gasteiger partial charge in [0.1, 0.15) is 0 Å². The van der Waals surface area contributed by atoms with Crippen molar-refractivity contribution in [1.82, 2.24) is 9.88 Å². The van der Waals surface area contributed by atoms with Crippen molar-refractivity contribution in [3.8, 4) is 0 Å². The Labute approximate surface area is 136 Å². The molecule has 3 aromatic rings. The molecule has 2 aromatic carbocycles. The second kappa shape index (κ2) is 6.97. The number of benzene rings is 2. The number of hydrogen-bond donors (Lipinski definition) is 1. The van der Waals surface area contributed by atoms with E-state index >= 15 is 0 Å². The molecule has 1 N–H and O–H groups in total. The van der Waals surface area contributed by atoms with Crippen LogP contribution in [0.2, 0.25) is 0 Å². The lowest BCUT2D eigenvalue weighted by molar-refractivity contribution is -0.116. The minimum Gasteiger partial charge on any atom is -0.351 e. The van der Waals surface area contributed by atoms with E-state index in [1.165, 1.54) is 16.5 Å². The molecule has 0 saturated carbocycles. The van der Waals surface area contributed by atoms with Gasteiger partial charge in [-0.2, -0.15) is 0 Å². The Kier molecular flexibility index (Phi) is 4.57. The molecule has 0 unspecified atom stereocenters. The van der Waals surface area contributed by atoms with Crippen molar-refractivity contribution < 1.29 is 4.79 Å². The lowest BCUT2D eigenvalue weighted by atomic mass is 10.1. The van der Waals surface area contributed by atoms with E-state index < -0.39 is 0 Å². The fraction of sp³-hybridized carbons (Fsp3) is 0.150. The van der Waals surface area contributed by atoms with Crippen LogP contribution in [0.4, 0.5) is 0 Å². The van der Waals surface area contributed by atoms with E-state index in [1.54, 1.807) is 6.08 Å². The number of amides is 1. The lowest BCUT2D eigenvalue weighted by Crippen LogP contribution is -2.25. The third kappa shape index (κ3) is 3.89. The Morgan fingerprint density at radius 2 is 1.87 bits per heavy atom. The topological polar surface area (TPSA) is 34.0 Å². The normalized spacial score (nSPS) is 11.2. The summed E-state index contributed by atoms with van der Waals surface area (Å²) >= 11 is 0. The van der Waals surface area contributed by atoms with Gasteiger partial charge in [0.05, 0.1) is 0 Å². The van der Waals surface area contributed by atoms with Gasteiger partial charge in [-0.3, -0.25) is 4.79 Å². The highest BCUT2D eigenvalue weighted by Gasteiger charge is 2.00. The Morgan fingerprint density at radius 1 is 1.09 bits per heavy atom. The van der Waals surface area contributed by atoms with Crippen molar-refractivity contribution in [3.63, 3.8) is 0 Å². The summed E-state index contributed by atoms with van der Waals surface area (Å²) in [6.45, 7) is 3.42. The fourth-order valence-corrected chi connectivity index (χ4v) is 2.54. The van der Waals surface area contributed by atoms with Gasteiger partial charge in [-0.15, -0.1) is 0 Å². The van der Waals surface area contributed by atoms with Crippen molar-refractivity contribution in [3.05, 3.63) is 78.0 Å². The molecule has 0 aliphatic rings. The maximum absolute atomic E-state index is 11.9. The first-order valence-corrected chi connectivity index (χ1v) is 7.79. The van der Waals surface area contributed by atoms with Crippen molar-refractivity contribution in [2.45, 2.75) is 13.5 Å². The standard InChI is InChI=1S/C20H20N2O/c1-16-6-8-17(9-7-16)10-11-20(23)21-13-15-22-14-12-18-4-2-3-5-19(18)22/h2-12,14H,13,15H2,1H3,(H,21,23)/b11-10+. The van der Waals surface area contributed by atoms with Gasteiger partial charge in [0.15, 0.2) is 0 Å². The molecule has 0 spiro atoms. The Balaban J connectivity index is 1.52. The number of carbonyl (C=O) groups excluding carboxylic acids is 1. The van der Waals surface area contributed by atoms with E-state index in [2.05, 4.69) is 34.3 Å². The van der Waals surface area contributed by atoms with Crippen LogP contribution in [0.25, 0.3) is 17.0 Å². The molecule has 1 amide bonds. The quantitative estimate of drug-likeness (QED) is 0.715. The number of rotatable bonds is 5. The highest BCUT2D eigenvalue weighted by Crippen LogP contribution is 2.14. The monoisotopic (exact) mass is 304 g/mol. The number of carbonyl (C=O) groups is 1. The molecule has 116 valence electrons. The average Bonchev–Trinajstić information content (AvgIpc) is 2.98. The largest absolute Gasteiger partial charge is 0.351 e. The predicted molar refractivity (Wildman–Crippen MR) is 95.2 cm³/mol. The zero-order valence-electron chi connectivity index (χ0n) is 13.2. The SMILES string of the molecule is Cc1ccc(/C=C/C(=O)NCCn2ccc3ccccc32)cc1. The van der Waals surface area contributed by atoms with Crippen LogP contribution in [0.5, 0.6) is 0 Å². The van der Waals surface area contributed by atoms with Gasteiger partial charge >= 0.3 is 0 Å². The molecule has 3 heteroatoms. The highest BCUT2D eigenvalue weighted by atomic mass is 16.1. The van der Waals surface area contributed by atoms with Crippen molar-refractivity contribution in [2.24, 2.45) is 0 Å². The van der Waals surface area contributed by atoms with Crippen LogP contribution in [0.15, 0.2) is 66.9 Å². The summed E-state index contributed by atoms with van der Waals surface area (Å²) in [6, 6.07) is 18.4. The zero-order chi connectivity index (χ0) is 16.1. The average molecular weight is 304 g/mol. The number of aryl methyl sites for hydroxylation is 1. The van der Waals surface area contributed by atoms with E-state index in [-0.39, 0.29) is 5.91 Å². The van der Waals surface area contributed by atoms with Crippen molar-refractivity contribution in [2.75, 3.05) is 6.54 Å². The van der Waals surface area contributed by atoms with Crippen LogP contribution >= 0.6 is 0 Å². The Morgan fingerprint density at radius 3 is 2.70 bits per heavy atom. The predicted octanol–water partition coefficient (Wildman–Crippen LogP) is 3.78. The van der Waals surface area contributed by atoms with Gasteiger partial charge in [-0.25, -0.2) is 0 Å². The maximum atomic E-state index is 11.9. The van der Waals surface area contributed by atoms with E-state index in [1.807, 2.05) is 49.4 Å². The lowest BCUT2D eigenvalue weighted by Gasteiger charge is -2.06. The summed E-state index contributed by atoms with van der Waals surface area (Å²) in [5.74, 6) is -0.0676. The first kappa shape index (κ1) is 15.1. The summed E-state index contributed by atoms with van der Waals surface area (Å²) in [6.07, 6.45) is 5.47. The Hall–Kier alpha value is -2.81. The second-order valence-electron chi connectivity index (χ2n) is 5.60. The highest BCUT2D eigenvalue weighted by molar-refractivity contribution is 5.91. The van der Waals surface area contributed by atoms with Crippen LogP contribution in [0.1, 0.15) is 11.1 Å². The molecule has 0 aliphatic heterocycles. The first-order chi connectivity index (χ1) is 11.2. The van der Waals surface area contributed by atoms with E-state index in [9.17, 15) is 4.79 Å². The molecule has 1 aromatic heterocycles. The van der Waals surface area contributed by atoms with E-state index in [4.69, 9.17) is 0 Å². The number of fused-ring (bicyclic) bond motifs is 1. The van der Waals surface area contributed by atoms with Gasteiger partial charge in [0.25, 0.3) is 0 Å². The van der Waals surface area contributed by atoms with Gasteiger partial charge < -0.3 is 9.88 Å². The third-order valence-electron chi connectivity index (χ3n) is 3.84. The van der Waals surface area contributed by atoms with Gasteiger partial charge in [0, 0.05) is 30.9 Å². The molecule has 0 saturated heterocycles. The summed E-state index contributed by atoms with van der Waals surface area (Å²) in [5, 5.41) is 4.14. The van der Waals surface area contributed by atoms with E-state index in [0.717, 1.165) is 12.1 Å². The van der Waals surface area contributed by atoms with Crippen molar-refractivity contribution in [1.29, 1.82) is 0 Å². The van der Waals surface area contributed by atoms with Crippen LogP contribution in [0.3, 0.4) is 0 Å². The molecule has 3 rings (SSSR count). The van der Waals surface area contributed by atoms with Crippen LogP contribution < -0.4 is 5.32 Å². The molecule has 0 radical (unpaired) electrons. The summed E-state index contributed by atoms with van der Waals surface area (Å²) in [4.78, 5) is 11.9. The number of nitrogens with zero attached hydrogens (tertiary/aromatic N) is 1. The van der Waals surface area contributed by atoms with Crippen LogP contribution in [-0.4, -0.2) is 17.0 Å². The number of para-hydroxylation sites is 1. The summed E-state index contributed by atoms with van der Waals surface area (Å²) in [7, 11) is 0. The van der Waals surface area contributed by atoms with Gasteiger partial charge in [-0.1, -0.05) is 48.0 Å². The maximum Gasteiger partial charge on any atom is 0.244 e. The van der Waals surface area contributed by atoms with Gasteiger partial charge in [-0.05, 0) is 36.1 Å². The number of hydrogen-bond acceptors (Lipinski definition) is 1. The minimum atomic E-state index is -0.0676. The minimum absolute atomic E-state index is 0.0676. The Bertz CT molecular complexity index is 828. The molecular formula is C20H20N2O. The molecule has 0 bridgehead atoms. The molecule has 0 fully saturated rings. The fourth-order valence-electron chi connectivity index (χ4n) is 2.54. The first-order valence-electron chi connectivity index (χ1n) is 7.79. The molecule has 1 heterocycles. The molecule has 3 nitrogen and oxygen atoms in total. The molecular weight excluding hydrogens is 284 g/mol. The van der Waals surface area contributed by atoms with Crippen LogP contribution in [0, 0.1) is 6.92 Å². The smallest absolute Gasteiger partial charge is 0.244 e. The zero-order valence-corrected chi connectivity index (χ0v) is 13.2. The molecule has 0 atom stereocenters.